The van der Waals surface area contributed by atoms with E-state index in [4.69, 9.17) is 9.84 Å². The van der Waals surface area contributed by atoms with Crippen LogP contribution in [0.3, 0.4) is 0 Å². The van der Waals surface area contributed by atoms with Gasteiger partial charge in [0.15, 0.2) is 0 Å². The molecule has 0 rings (SSSR count). The van der Waals surface area contributed by atoms with Crippen molar-refractivity contribution in [3.63, 3.8) is 0 Å². The van der Waals surface area contributed by atoms with E-state index < -0.39 is 5.97 Å². The predicted octanol–water partition coefficient (Wildman–Crippen LogP) is 2.39. The molecule has 0 radical (unpaired) electrons. The molecule has 0 saturated carbocycles. The maximum Gasteiger partial charge on any atom is 0.330 e. The molecule has 0 unspecified atom stereocenters. The standard InChI is InChI=1S/C9H16O2.C6H10O3/c1-3-5-6-7-8-11-9(10)4-2;1-2-6(8)9-5-3-4-7/h4H,2-3,5-8H2,1H3;2,7H,1,3-5H2. The van der Waals surface area contributed by atoms with Crippen molar-refractivity contribution >= 4 is 11.9 Å². The Morgan fingerprint density at radius 2 is 1.45 bits per heavy atom. The summed E-state index contributed by atoms with van der Waals surface area (Å²) in [6.07, 6.45) is 7.30. The van der Waals surface area contributed by atoms with Gasteiger partial charge in [0.25, 0.3) is 0 Å². The van der Waals surface area contributed by atoms with Gasteiger partial charge in [0.2, 0.25) is 0 Å². The van der Waals surface area contributed by atoms with Gasteiger partial charge in [-0.05, 0) is 6.42 Å². The van der Waals surface area contributed by atoms with Crippen LogP contribution in [0.4, 0.5) is 0 Å². The molecule has 0 saturated heterocycles. The normalized spacial score (nSPS) is 8.90. The third-order valence-corrected chi connectivity index (χ3v) is 2.12. The molecular formula is C15H26O5. The van der Waals surface area contributed by atoms with Crippen LogP contribution in [-0.4, -0.2) is 36.9 Å². The van der Waals surface area contributed by atoms with E-state index in [0.717, 1.165) is 18.9 Å². The van der Waals surface area contributed by atoms with Crippen molar-refractivity contribution in [3.05, 3.63) is 25.3 Å². The minimum atomic E-state index is -0.441. The number of unbranched alkanes of at least 4 members (excludes halogenated alkanes) is 3. The smallest absolute Gasteiger partial charge is 0.330 e. The zero-order valence-corrected chi connectivity index (χ0v) is 12.3. The lowest BCUT2D eigenvalue weighted by atomic mass is 10.2. The minimum absolute atomic E-state index is 0.0461. The van der Waals surface area contributed by atoms with Crippen LogP contribution in [-0.2, 0) is 19.1 Å². The number of aliphatic hydroxyl groups is 1. The van der Waals surface area contributed by atoms with Gasteiger partial charge in [0, 0.05) is 25.2 Å². The van der Waals surface area contributed by atoms with Gasteiger partial charge in [-0.3, -0.25) is 0 Å². The fourth-order valence-electron chi connectivity index (χ4n) is 1.06. The molecule has 0 aromatic heterocycles. The summed E-state index contributed by atoms with van der Waals surface area (Å²) in [6.45, 7) is 9.50. The Morgan fingerprint density at radius 1 is 0.950 bits per heavy atom. The largest absolute Gasteiger partial charge is 0.463 e. The Bertz CT molecular complexity index is 273. The topological polar surface area (TPSA) is 72.8 Å². The van der Waals surface area contributed by atoms with Crippen molar-refractivity contribution in [1.82, 2.24) is 0 Å². The number of carbonyl (C=O) groups is 2. The Labute approximate surface area is 121 Å². The third kappa shape index (κ3) is 18.7. The number of hydrogen-bond donors (Lipinski definition) is 1. The lowest BCUT2D eigenvalue weighted by molar-refractivity contribution is -0.138. The van der Waals surface area contributed by atoms with Crippen LogP contribution in [0.1, 0.15) is 39.0 Å². The lowest BCUT2D eigenvalue weighted by Gasteiger charge is -1.99. The van der Waals surface area contributed by atoms with Crippen LogP contribution in [0.15, 0.2) is 25.3 Å². The summed E-state index contributed by atoms with van der Waals surface area (Å²) in [4.78, 5) is 20.8. The van der Waals surface area contributed by atoms with Gasteiger partial charge in [-0.2, -0.15) is 0 Å². The maximum absolute atomic E-state index is 10.5. The second-order valence-electron chi connectivity index (χ2n) is 3.88. The number of carbonyl (C=O) groups excluding carboxylic acids is 2. The summed E-state index contributed by atoms with van der Waals surface area (Å²) in [5.41, 5.74) is 0. The second-order valence-corrected chi connectivity index (χ2v) is 3.88. The first-order valence-electron chi connectivity index (χ1n) is 6.81. The number of ether oxygens (including phenoxy) is 2. The highest BCUT2D eigenvalue weighted by Crippen LogP contribution is 1.98. The third-order valence-electron chi connectivity index (χ3n) is 2.12. The summed E-state index contributed by atoms with van der Waals surface area (Å²) in [5.74, 6) is -0.759. The molecule has 0 spiro atoms. The van der Waals surface area contributed by atoms with Gasteiger partial charge in [0.1, 0.15) is 0 Å². The van der Waals surface area contributed by atoms with Crippen LogP contribution in [0.2, 0.25) is 0 Å². The van der Waals surface area contributed by atoms with Crippen LogP contribution >= 0.6 is 0 Å². The monoisotopic (exact) mass is 286 g/mol. The second kappa shape index (κ2) is 17.4. The fraction of sp³-hybridized carbons (Fsp3) is 0.600. The molecule has 1 N–H and O–H groups in total. The van der Waals surface area contributed by atoms with Crippen molar-refractivity contribution in [2.75, 3.05) is 19.8 Å². The molecule has 0 aliphatic carbocycles. The molecule has 0 aromatic rings. The first kappa shape index (κ1) is 20.7. The highest BCUT2D eigenvalue weighted by molar-refractivity contribution is 5.81. The van der Waals surface area contributed by atoms with Gasteiger partial charge in [0.05, 0.1) is 13.2 Å². The molecule has 20 heavy (non-hydrogen) atoms. The summed E-state index contributed by atoms with van der Waals surface area (Å²) in [5, 5.41) is 8.23. The highest BCUT2D eigenvalue weighted by Gasteiger charge is 1.93. The van der Waals surface area contributed by atoms with Crippen molar-refractivity contribution in [2.24, 2.45) is 0 Å². The molecule has 116 valence electrons. The van der Waals surface area contributed by atoms with Crippen LogP contribution < -0.4 is 0 Å². The van der Waals surface area contributed by atoms with E-state index in [1.165, 1.54) is 18.9 Å². The number of aliphatic hydroxyl groups excluding tert-OH is 1. The summed E-state index contributed by atoms with van der Waals surface area (Å²) in [6, 6.07) is 0. The summed E-state index contributed by atoms with van der Waals surface area (Å²) in [7, 11) is 0. The molecule has 0 aliphatic rings. The van der Waals surface area contributed by atoms with E-state index in [2.05, 4.69) is 24.8 Å². The SMILES string of the molecule is C=CC(=O)OCCCCCC.C=CC(=O)OCCCO. The predicted molar refractivity (Wildman–Crippen MR) is 78.2 cm³/mol. The zero-order chi connectivity index (χ0) is 15.6. The Balaban J connectivity index is 0. The molecular weight excluding hydrogens is 260 g/mol. The summed E-state index contributed by atoms with van der Waals surface area (Å²) < 4.78 is 9.30. The first-order chi connectivity index (χ1) is 9.62. The average molecular weight is 286 g/mol. The summed E-state index contributed by atoms with van der Waals surface area (Å²) >= 11 is 0. The highest BCUT2D eigenvalue weighted by atomic mass is 16.5. The van der Waals surface area contributed by atoms with Crippen LogP contribution in [0.25, 0.3) is 0 Å². The van der Waals surface area contributed by atoms with E-state index in [9.17, 15) is 9.59 Å². The Morgan fingerprint density at radius 3 is 1.85 bits per heavy atom. The van der Waals surface area contributed by atoms with E-state index in [1.54, 1.807) is 0 Å². The van der Waals surface area contributed by atoms with Gasteiger partial charge in [-0.25, -0.2) is 9.59 Å². The molecule has 0 bridgehead atoms. The van der Waals surface area contributed by atoms with E-state index in [1.807, 2.05) is 0 Å². The molecule has 5 nitrogen and oxygen atoms in total. The van der Waals surface area contributed by atoms with Crippen LogP contribution in [0.5, 0.6) is 0 Å². The Kier molecular flexibility index (Phi) is 18.0. The molecule has 0 amide bonds. The van der Waals surface area contributed by atoms with Crippen molar-refractivity contribution in [2.45, 2.75) is 39.0 Å². The number of esters is 2. The molecule has 0 aliphatic heterocycles. The zero-order valence-electron chi connectivity index (χ0n) is 12.3. The fourth-order valence-corrected chi connectivity index (χ4v) is 1.06. The first-order valence-corrected chi connectivity index (χ1v) is 6.81. The van der Waals surface area contributed by atoms with Crippen molar-refractivity contribution in [1.29, 1.82) is 0 Å². The molecule has 0 aromatic carbocycles. The minimum Gasteiger partial charge on any atom is -0.463 e. The Hall–Kier alpha value is -1.62. The van der Waals surface area contributed by atoms with E-state index in [-0.39, 0.29) is 19.2 Å². The number of rotatable bonds is 10. The quantitative estimate of drug-likeness (QED) is 0.379. The van der Waals surface area contributed by atoms with E-state index >= 15 is 0 Å². The van der Waals surface area contributed by atoms with Gasteiger partial charge in [-0.1, -0.05) is 39.3 Å². The van der Waals surface area contributed by atoms with Crippen molar-refractivity contribution in [3.8, 4) is 0 Å². The van der Waals surface area contributed by atoms with Crippen molar-refractivity contribution < 1.29 is 24.2 Å². The van der Waals surface area contributed by atoms with Crippen LogP contribution in [0, 0.1) is 0 Å². The molecule has 0 heterocycles. The maximum atomic E-state index is 10.5. The molecule has 5 heteroatoms. The van der Waals surface area contributed by atoms with Gasteiger partial charge in [-0.15, -0.1) is 0 Å². The van der Waals surface area contributed by atoms with Gasteiger partial charge >= 0.3 is 11.9 Å². The van der Waals surface area contributed by atoms with Gasteiger partial charge < -0.3 is 14.6 Å². The average Bonchev–Trinajstić information content (AvgIpc) is 2.47. The lowest BCUT2D eigenvalue weighted by Crippen LogP contribution is -2.02. The van der Waals surface area contributed by atoms with E-state index in [0.29, 0.717) is 13.0 Å². The molecule has 0 fully saturated rings. The number of hydrogen-bond acceptors (Lipinski definition) is 5. The molecule has 0 atom stereocenters.